The Kier molecular flexibility index (Phi) is 4.00. The number of para-hydroxylation sites is 1. The van der Waals surface area contributed by atoms with Gasteiger partial charge in [-0.05, 0) is 18.2 Å². The molecule has 8 heteroatoms. The van der Waals surface area contributed by atoms with Crippen LogP contribution in [0.5, 0.6) is 0 Å². The number of aromatic amines is 1. The average Bonchev–Trinajstić information content (AvgIpc) is 2.68. The Hall–Kier alpha value is -3.42. The lowest BCUT2D eigenvalue weighted by Gasteiger charge is -2.37. The van der Waals surface area contributed by atoms with E-state index in [0.717, 1.165) is 18.8 Å². The minimum atomic E-state index is -0.440. The lowest BCUT2D eigenvalue weighted by molar-refractivity contribution is -0.384. The highest BCUT2D eigenvalue weighted by molar-refractivity contribution is 5.87. The molecule has 26 heavy (non-hydrogen) atoms. The molecule has 1 saturated heterocycles. The van der Waals surface area contributed by atoms with Crippen LogP contribution in [0.25, 0.3) is 10.9 Å². The van der Waals surface area contributed by atoms with Crippen molar-refractivity contribution in [1.82, 2.24) is 9.97 Å². The highest BCUT2D eigenvalue weighted by atomic mass is 16.6. The second-order valence-electron chi connectivity index (χ2n) is 6.16. The molecule has 0 saturated carbocycles. The zero-order valence-corrected chi connectivity index (χ0v) is 14.0. The number of hydrogen-bond donors (Lipinski definition) is 1. The average molecular weight is 351 g/mol. The van der Waals surface area contributed by atoms with Gasteiger partial charge >= 0.3 is 0 Å². The van der Waals surface area contributed by atoms with E-state index in [4.69, 9.17) is 0 Å². The molecule has 0 amide bonds. The standard InChI is InChI=1S/C18H17N5O3/c24-18-14-10-17(23(25)26)16(11-15(14)19-12-20-18)22-8-6-21(7-9-22)13-4-2-1-3-5-13/h1-5,10-12H,6-9H2,(H,19,20,24). The first kappa shape index (κ1) is 16.1. The van der Waals surface area contributed by atoms with Crippen LogP contribution < -0.4 is 15.4 Å². The number of anilines is 2. The molecule has 0 radical (unpaired) electrons. The van der Waals surface area contributed by atoms with Gasteiger partial charge in [-0.3, -0.25) is 14.9 Å². The van der Waals surface area contributed by atoms with E-state index in [2.05, 4.69) is 27.0 Å². The maximum Gasteiger partial charge on any atom is 0.293 e. The lowest BCUT2D eigenvalue weighted by Crippen LogP contribution is -2.46. The number of nitro groups is 1. The molecule has 1 fully saturated rings. The zero-order chi connectivity index (χ0) is 18.1. The molecule has 2 aromatic carbocycles. The number of nitrogens with one attached hydrogen (secondary N) is 1. The molecule has 0 unspecified atom stereocenters. The van der Waals surface area contributed by atoms with Gasteiger partial charge in [0.25, 0.3) is 11.2 Å². The zero-order valence-electron chi connectivity index (χ0n) is 14.0. The van der Waals surface area contributed by atoms with Crippen molar-refractivity contribution < 1.29 is 4.92 Å². The number of hydrogen-bond acceptors (Lipinski definition) is 6. The minimum absolute atomic E-state index is 0.0656. The van der Waals surface area contributed by atoms with Crippen molar-refractivity contribution in [2.45, 2.75) is 0 Å². The first-order chi connectivity index (χ1) is 12.6. The molecular weight excluding hydrogens is 334 g/mol. The van der Waals surface area contributed by atoms with E-state index in [0.29, 0.717) is 24.3 Å². The van der Waals surface area contributed by atoms with Crippen molar-refractivity contribution in [3.63, 3.8) is 0 Å². The Morgan fingerprint density at radius 3 is 2.42 bits per heavy atom. The van der Waals surface area contributed by atoms with Gasteiger partial charge in [-0.2, -0.15) is 0 Å². The number of nitro benzene ring substituents is 1. The van der Waals surface area contributed by atoms with Crippen LogP contribution >= 0.6 is 0 Å². The Labute approximate surface area is 148 Å². The third kappa shape index (κ3) is 2.85. The monoisotopic (exact) mass is 351 g/mol. The maximum atomic E-state index is 11.9. The summed E-state index contributed by atoms with van der Waals surface area (Å²) in [5.41, 5.74) is 1.67. The van der Waals surface area contributed by atoms with Crippen LogP contribution in [0.15, 0.2) is 53.6 Å². The topological polar surface area (TPSA) is 95.4 Å². The number of piperazine rings is 1. The lowest BCUT2D eigenvalue weighted by atomic mass is 10.1. The molecule has 4 rings (SSSR count). The van der Waals surface area contributed by atoms with Gasteiger partial charge in [0.15, 0.2) is 0 Å². The van der Waals surface area contributed by atoms with E-state index in [1.165, 1.54) is 12.4 Å². The SMILES string of the molecule is O=c1[nH]cnc2cc(N3CCN(c4ccccc4)CC3)c([N+](=O)[O-])cc12. The van der Waals surface area contributed by atoms with Gasteiger partial charge in [0.2, 0.25) is 0 Å². The second-order valence-corrected chi connectivity index (χ2v) is 6.16. The van der Waals surface area contributed by atoms with Crippen LogP contribution in [0.3, 0.4) is 0 Å². The summed E-state index contributed by atoms with van der Waals surface area (Å²) in [7, 11) is 0. The van der Waals surface area contributed by atoms with Gasteiger partial charge in [-0.1, -0.05) is 18.2 Å². The summed E-state index contributed by atoms with van der Waals surface area (Å²) in [6, 6.07) is 13.1. The van der Waals surface area contributed by atoms with Gasteiger partial charge in [-0.15, -0.1) is 0 Å². The van der Waals surface area contributed by atoms with Crippen LogP contribution in [0, 0.1) is 10.1 Å². The van der Waals surface area contributed by atoms with E-state index in [-0.39, 0.29) is 16.6 Å². The van der Waals surface area contributed by atoms with Crippen molar-refractivity contribution in [2.24, 2.45) is 0 Å². The summed E-state index contributed by atoms with van der Waals surface area (Å²) in [6.45, 7) is 2.85. The van der Waals surface area contributed by atoms with Crippen molar-refractivity contribution >= 4 is 28.0 Å². The predicted octanol–water partition coefficient (Wildman–Crippen LogP) is 2.16. The first-order valence-corrected chi connectivity index (χ1v) is 8.34. The Morgan fingerprint density at radius 1 is 1.04 bits per heavy atom. The summed E-state index contributed by atoms with van der Waals surface area (Å²) in [5, 5.41) is 11.8. The van der Waals surface area contributed by atoms with Gasteiger partial charge < -0.3 is 14.8 Å². The van der Waals surface area contributed by atoms with Gasteiger partial charge in [0.1, 0.15) is 5.69 Å². The number of benzene rings is 2. The molecule has 3 aromatic rings. The number of nitrogens with zero attached hydrogens (tertiary/aromatic N) is 4. The molecule has 1 N–H and O–H groups in total. The largest absolute Gasteiger partial charge is 0.368 e. The summed E-state index contributed by atoms with van der Waals surface area (Å²) in [4.78, 5) is 33.8. The molecule has 0 atom stereocenters. The number of rotatable bonds is 3. The van der Waals surface area contributed by atoms with Crippen LogP contribution in [0.1, 0.15) is 0 Å². The summed E-state index contributed by atoms with van der Waals surface area (Å²) in [5.74, 6) is 0. The van der Waals surface area contributed by atoms with E-state index < -0.39 is 4.92 Å². The molecule has 0 bridgehead atoms. The number of fused-ring (bicyclic) bond motifs is 1. The molecular formula is C18H17N5O3. The summed E-state index contributed by atoms with van der Waals surface area (Å²) < 4.78 is 0. The maximum absolute atomic E-state index is 11.9. The third-order valence-corrected chi connectivity index (χ3v) is 4.68. The summed E-state index contributed by atoms with van der Waals surface area (Å²) >= 11 is 0. The van der Waals surface area contributed by atoms with Crippen LogP contribution in [0.2, 0.25) is 0 Å². The first-order valence-electron chi connectivity index (χ1n) is 8.34. The van der Waals surface area contributed by atoms with E-state index in [1.807, 2.05) is 23.1 Å². The number of aromatic nitrogens is 2. The molecule has 2 heterocycles. The smallest absolute Gasteiger partial charge is 0.293 e. The Morgan fingerprint density at radius 2 is 1.73 bits per heavy atom. The molecule has 1 aromatic heterocycles. The summed E-state index contributed by atoms with van der Waals surface area (Å²) in [6.07, 6.45) is 1.31. The number of H-pyrrole nitrogens is 1. The molecule has 132 valence electrons. The van der Waals surface area contributed by atoms with Crippen molar-refractivity contribution in [1.29, 1.82) is 0 Å². The Balaban J connectivity index is 1.66. The Bertz CT molecular complexity index is 1010. The second kappa shape index (κ2) is 6.47. The molecule has 0 aliphatic carbocycles. The molecule has 1 aliphatic heterocycles. The molecule has 0 spiro atoms. The fraction of sp³-hybridized carbons (Fsp3) is 0.222. The van der Waals surface area contributed by atoms with E-state index >= 15 is 0 Å². The molecule has 8 nitrogen and oxygen atoms in total. The van der Waals surface area contributed by atoms with Crippen molar-refractivity contribution in [2.75, 3.05) is 36.0 Å². The van der Waals surface area contributed by atoms with E-state index in [1.54, 1.807) is 6.07 Å². The quantitative estimate of drug-likeness (QED) is 0.574. The van der Waals surface area contributed by atoms with Crippen molar-refractivity contribution in [3.8, 4) is 0 Å². The van der Waals surface area contributed by atoms with Crippen LogP contribution in [-0.2, 0) is 0 Å². The minimum Gasteiger partial charge on any atom is -0.368 e. The third-order valence-electron chi connectivity index (χ3n) is 4.68. The van der Waals surface area contributed by atoms with Crippen LogP contribution in [-0.4, -0.2) is 41.1 Å². The van der Waals surface area contributed by atoms with E-state index in [9.17, 15) is 14.9 Å². The van der Waals surface area contributed by atoms with Gasteiger partial charge in [0.05, 0.1) is 22.2 Å². The normalized spacial score (nSPS) is 14.6. The van der Waals surface area contributed by atoms with Gasteiger partial charge in [-0.25, -0.2) is 4.98 Å². The fourth-order valence-electron chi connectivity index (χ4n) is 3.34. The van der Waals surface area contributed by atoms with Gasteiger partial charge in [0, 0.05) is 37.9 Å². The van der Waals surface area contributed by atoms with Crippen molar-refractivity contribution in [3.05, 3.63) is 69.3 Å². The fourth-order valence-corrected chi connectivity index (χ4v) is 3.34. The predicted molar refractivity (Wildman–Crippen MR) is 99.9 cm³/mol. The highest BCUT2D eigenvalue weighted by Crippen LogP contribution is 2.32. The highest BCUT2D eigenvalue weighted by Gasteiger charge is 2.25. The molecule has 1 aliphatic rings. The van der Waals surface area contributed by atoms with Crippen LogP contribution in [0.4, 0.5) is 17.1 Å².